The summed E-state index contributed by atoms with van der Waals surface area (Å²) in [5.74, 6) is 1.53. The van der Waals surface area contributed by atoms with E-state index < -0.39 is 0 Å². The summed E-state index contributed by atoms with van der Waals surface area (Å²) in [5, 5.41) is 0.477. The largest absolute Gasteiger partial charge is 0.330 e. The lowest BCUT2D eigenvalue weighted by atomic mass is 9.93. The van der Waals surface area contributed by atoms with E-state index >= 15 is 0 Å². The number of carbonyl (C=O) groups excluding carboxylic acids is 1. The molecule has 1 amide bonds. The number of amides is 1. The van der Waals surface area contributed by atoms with Crippen LogP contribution in [0.25, 0.3) is 0 Å². The van der Waals surface area contributed by atoms with Crippen molar-refractivity contribution in [1.29, 1.82) is 0 Å². The van der Waals surface area contributed by atoms with Crippen LogP contribution < -0.4 is 0 Å². The molecule has 0 unspecified atom stereocenters. The predicted octanol–water partition coefficient (Wildman–Crippen LogP) is 2.10. The molecule has 0 aromatic rings. The first-order chi connectivity index (χ1) is 6.08. The predicted molar refractivity (Wildman–Crippen MR) is 55.6 cm³/mol. The first kappa shape index (κ1) is 9.38. The number of fused-ring (bicyclic) bond motifs is 1. The normalized spacial score (nSPS) is 32.9. The van der Waals surface area contributed by atoms with Gasteiger partial charge < -0.3 is 4.90 Å². The summed E-state index contributed by atoms with van der Waals surface area (Å²) in [7, 11) is 0. The molecule has 2 heterocycles. The molecule has 0 aliphatic carbocycles. The van der Waals surface area contributed by atoms with Gasteiger partial charge in [-0.15, -0.1) is 11.8 Å². The third kappa shape index (κ3) is 1.85. The van der Waals surface area contributed by atoms with Crippen LogP contribution in [0.15, 0.2) is 0 Å². The Morgan fingerprint density at radius 1 is 1.54 bits per heavy atom. The van der Waals surface area contributed by atoms with Gasteiger partial charge in [-0.25, -0.2) is 0 Å². The lowest BCUT2D eigenvalue weighted by Crippen LogP contribution is -2.33. The number of hydrogen-bond donors (Lipinski definition) is 0. The molecule has 0 radical (unpaired) electrons. The van der Waals surface area contributed by atoms with Gasteiger partial charge in [0.2, 0.25) is 5.91 Å². The quantitative estimate of drug-likeness (QED) is 0.595. The van der Waals surface area contributed by atoms with Crippen LogP contribution in [0.1, 0.15) is 33.1 Å². The van der Waals surface area contributed by atoms with Gasteiger partial charge in [-0.05, 0) is 24.0 Å². The highest BCUT2D eigenvalue weighted by Gasteiger charge is 2.40. The Morgan fingerprint density at radius 3 is 3.08 bits per heavy atom. The van der Waals surface area contributed by atoms with Crippen molar-refractivity contribution in [3.05, 3.63) is 0 Å². The van der Waals surface area contributed by atoms with E-state index in [1.54, 1.807) is 0 Å². The summed E-state index contributed by atoms with van der Waals surface area (Å²) in [5.41, 5.74) is 0.338. The third-order valence-corrected chi connectivity index (χ3v) is 4.17. The van der Waals surface area contributed by atoms with Gasteiger partial charge in [-0.1, -0.05) is 13.8 Å². The highest BCUT2D eigenvalue weighted by atomic mass is 32.2. The van der Waals surface area contributed by atoms with Crippen LogP contribution in [0.3, 0.4) is 0 Å². The fraction of sp³-hybridized carbons (Fsp3) is 0.900. The molecule has 0 aromatic carbocycles. The second kappa shape index (κ2) is 3.19. The topological polar surface area (TPSA) is 20.3 Å². The fourth-order valence-electron chi connectivity index (χ4n) is 2.19. The van der Waals surface area contributed by atoms with Crippen molar-refractivity contribution in [1.82, 2.24) is 4.90 Å². The summed E-state index contributed by atoms with van der Waals surface area (Å²) < 4.78 is 0. The monoisotopic (exact) mass is 199 g/mol. The van der Waals surface area contributed by atoms with E-state index in [9.17, 15) is 4.79 Å². The van der Waals surface area contributed by atoms with Crippen LogP contribution in [0.4, 0.5) is 0 Å². The third-order valence-electron chi connectivity index (χ3n) is 2.84. The van der Waals surface area contributed by atoms with Gasteiger partial charge in [0.15, 0.2) is 0 Å². The first-order valence-electron chi connectivity index (χ1n) is 5.00. The Morgan fingerprint density at radius 2 is 2.31 bits per heavy atom. The maximum Gasteiger partial charge on any atom is 0.223 e. The van der Waals surface area contributed by atoms with Crippen molar-refractivity contribution in [3.63, 3.8) is 0 Å². The number of nitrogens with zero attached hydrogens (tertiary/aromatic N) is 1. The molecule has 0 bridgehead atoms. The first-order valence-corrected chi connectivity index (χ1v) is 6.04. The molecule has 0 N–H and O–H groups in total. The van der Waals surface area contributed by atoms with Crippen molar-refractivity contribution in [2.75, 3.05) is 12.3 Å². The van der Waals surface area contributed by atoms with Crippen LogP contribution in [0, 0.1) is 5.41 Å². The van der Waals surface area contributed by atoms with Crippen LogP contribution in [0.2, 0.25) is 0 Å². The molecule has 0 aromatic heterocycles. The van der Waals surface area contributed by atoms with Gasteiger partial charge in [0, 0.05) is 13.0 Å². The molecule has 0 spiro atoms. The summed E-state index contributed by atoms with van der Waals surface area (Å²) in [6.45, 7) is 5.48. The van der Waals surface area contributed by atoms with E-state index in [0.29, 0.717) is 16.7 Å². The summed E-state index contributed by atoms with van der Waals surface area (Å²) in [4.78, 5) is 13.8. The number of carbonyl (C=O) groups is 1. The van der Waals surface area contributed by atoms with Crippen molar-refractivity contribution in [2.24, 2.45) is 5.41 Å². The molecule has 13 heavy (non-hydrogen) atoms. The van der Waals surface area contributed by atoms with Gasteiger partial charge in [-0.2, -0.15) is 0 Å². The number of thioether (sulfide) groups is 1. The van der Waals surface area contributed by atoms with Crippen molar-refractivity contribution in [2.45, 2.75) is 38.5 Å². The second-order valence-electron chi connectivity index (χ2n) is 4.82. The average Bonchev–Trinajstić information content (AvgIpc) is 2.26. The highest BCUT2D eigenvalue weighted by Crippen LogP contribution is 2.40. The zero-order valence-electron chi connectivity index (χ0n) is 8.38. The van der Waals surface area contributed by atoms with E-state index in [1.807, 2.05) is 11.8 Å². The van der Waals surface area contributed by atoms with E-state index in [4.69, 9.17) is 0 Å². The minimum Gasteiger partial charge on any atom is -0.330 e. The zero-order chi connectivity index (χ0) is 9.47. The van der Waals surface area contributed by atoms with Crippen LogP contribution in [0.5, 0.6) is 0 Å². The van der Waals surface area contributed by atoms with E-state index in [0.717, 1.165) is 25.1 Å². The summed E-state index contributed by atoms with van der Waals surface area (Å²) >= 11 is 1.97. The molecule has 2 aliphatic rings. The maximum atomic E-state index is 11.7. The fourth-order valence-corrected chi connectivity index (χ4v) is 3.72. The van der Waals surface area contributed by atoms with Crippen LogP contribution >= 0.6 is 11.8 Å². The molecule has 2 rings (SSSR count). The molecule has 0 saturated carbocycles. The average molecular weight is 199 g/mol. The van der Waals surface area contributed by atoms with Crippen LogP contribution in [-0.4, -0.2) is 28.5 Å². The maximum absolute atomic E-state index is 11.7. The standard InChI is InChI=1S/C10H17NOS/c1-10(2)6-9-11(7-10)8(12)4-3-5-13-9/h9H,3-7H2,1-2H3/t9-/m0/s1. The Labute approximate surface area is 84.1 Å². The van der Waals surface area contributed by atoms with Crippen molar-refractivity contribution >= 4 is 17.7 Å². The molecule has 2 nitrogen and oxygen atoms in total. The molecule has 3 heteroatoms. The molecule has 74 valence electrons. The zero-order valence-corrected chi connectivity index (χ0v) is 9.19. The van der Waals surface area contributed by atoms with Crippen molar-refractivity contribution < 1.29 is 4.79 Å². The van der Waals surface area contributed by atoms with Gasteiger partial charge in [0.25, 0.3) is 0 Å². The molecule has 1 atom stereocenters. The Hall–Kier alpha value is -0.180. The molecule has 2 saturated heterocycles. The minimum atomic E-state index is 0.338. The van der Waals surface area contributed by atoms with Gasteiger partial charge in [0.05, 0.1) is 5.37 Å². The second-order valence-corrected chi connectivity index (χ2v) is 6.10. The molecular formula is C10H17NOS. The number of hydrogen-bond acceptors (Lipinski definition) is 2. The van der Waals surface area contributed by atoms with Gasteiger partial charge in [0.1, 0.15) is 0 Å². The van der Waals surface area contributed by atoms with E-state index in [2.05, 4.69) is 18.7 Å². The van der Waals surface area contributed by atoms with Gasteiger partial charge >= 0.3 is 0 Å². The lowest BCUT2D eigenvalue weighted by molar-refractivity contribution is -0.130. The van der Waals surface area contributed by atoms with E-state index in [-0.39, 0.29) is 0 Å². The molecule has 2 aliphatic heterocycles. The lowest BCUT2D eigenvalue weighted by Gasteiger charge is -2.21. The Balaban J connectivity index is 2.14. The smallest absolute Gasteiger partial charge is 0.223 e. The Kier molecular flexibility index (Phi) is 2.30. The minimum absolute atomic E-state index is 0.338. The van der Waals surface area contributed by atoms with Crippen molar-refractivity contribution in [3.8, 4) is 0 Å². The molecule has 2 fully saturated rings. The van der Waals surface area contributed by atoms with E-state index in [1.165, 1.54) is 6.42 Å². The van der Waals surface area contributed by atoms with Crippen LogP contribution in [-0.2, 0) is 4.79 Å². The molecular weight excluding hydrogens is 182 g/mol. The Bertz CT molecular complexity index is 227. The van der Waals surface area contributed by atoms with Gasteiger partial charge in [-0.3, -0.25) is 4.79 Å². The summed E-state index contributed by atoms with van der Waals surface area (Å²) in [6.07, 6.45) is 3.00. The summed E-state index contributed by atoms with van der Waals surface area (Å²) in [6, 6.07) is 0. The number of rotatable bonds is 0. The SMILES string of the molecule is CC1(C)C[C@@H]2SCCCC(=O)N2C1. The highest BCUT2D eigenvalue weighted by molar-refractivity contribution is 7.99.